The highest BCUT2D eigenvalue weighted by Crippen LogP contribution is 2.10. The van der Waals surface area contributed by atoms with Crippen molar-refractivity contribution < 1.29 is 4.43 Å². The third-order valence-corrected chi connectivity index (χ3v) is 5.05. The van der Waals surface area contributed by atoms with Crippen LogP contribution in [0, 0.1) is 0 Å². The molecule has 0 aromatic heterocycles. The van der Waals surface area contributed by atoms with Crippen LogP contribution in [0.15, 0.2) is 43.5 Å². The largest absolute Gasteiger partial charge is 0.415 e. The molecule has 1 aromatic carbocycles. The lowest BCUT2D eigenvalue weighted by atomic mass is 10.3. The normalized spacial score (nSPS) is 20.7. The van der Waals surface area contributed by atoms with Crippen molar-refractivity contribution in [2.45, 2.75) is 18.9 Å². The predicted molar refractivity (Wildman–Crippen MR) is 64.5 cm³/mol. The summed E-state index contributed by atoms with van der Waals surface area (Å²) in [5.41, 5.74) is 0. The quantitative estimate of drug-likeness (QED) is 0.506. The van der Waals surface area contributed by atoms with E-state index in [0.717, 1.165) is 6.61 Å². The highest BCUT2D eigenvalue weighted by molar-refractivity contribution is 6.67. The van der Waals surface area contributed by atoms with Crippen LogP contribution >= 0.6 is 0 Å². The van der Waals surface area contributed by atoms with Gasteiger partial charge in [0.15, 0.2) is 0 Å². The Labute approximate surface area is 88.1 Å². The van der Waals surface area contributed by atoms with Crippen molar-refractivity contribution in [3.63, 3.8) is 0 Å². The molecule has 0 bridgehead atoms. The monoisotopic (exact) mass is 206 g/mol. The molecule has 0 amide bonds. The number of hydrogen-bond donors (Lipinski definition) is 0. The van der Waals surface area contributed by atoms with E-state index >= 15 is 0 Å². The zero-order valence-electron chi connectivity index (χ0n) is 8.61. The van der Waals surface area contributed by atoms with Crippen LogP contribution in [0.4, 0.5) is 0 Å². The second-order valence-electron chi connectivity index (χ2n) is 3.27. The molecule has 2 heteroatoms. The fraction of sp³-hybridized carbons (Fsp3) is 0.333. The molecule has 76 valence electrons. The third kappa shape index (κ3) is 3.12. The molecule has 0 aliphatic carbocycles. The average molecular weight is 206 g/mol. The molecule has 1 atom stereocenters. The molecule has 1 heterocycles. The maximum Gasteiger partial charge on any atom is 0.208 e. The van der Waals surface area contributed by atoms with Gasteiger partial charge in [-0.15, -0.1) is 13.2 Å². The molecule has 0 spiro atoms. The van der Waals surface area contributed by atoms with E-state index in [0.29, 0.717) is 0 Å². The summed E-state index contributed by atoms with van der Waals surface area (Å²) >= 11 is 0. The number of hydrogen-bond acceptors (Lipinski definition) is 1. The zero-order valence-corrected chi connectivity index (χ0v) is 9.77. The van der Waals surface area contributed by atoms with Gasteiger partial charge in [0.05, 0.1) is 0 Å². The lowest BCUT2D eigenvalue weighted by molar-refractivity contribution is 0.294. The second kappa shape index (κ2) is 6.57. The Morgan fingerprint density at radius 2 is 1.79 bits per heavy atom. The summed E-state index contributed by atoms with van der Waals surface area (Å²) < 4.78 is 5.80. The van der Waals surface area contributed by atoms with Gasteiger partial charge in [0.2, 0.25) is 9.04 Å². The van der Waals surface area contributed by atoms with Crippen molar-refractivity contribution in [3.05, 3.63) is 43.5 Å². The topological polar surface area (TPSA) is 9.23 Å². The van der Waals surface area contributed by atoms with Gasteiger partial charge in [-0.25, -0.2) is 0 Å². The number of rotatable bonds is 1. The van der Waals surface area contributed by atoms with Crippen LogP contribution in [0.2, 0.25) is 6.04 Å². The molecular formula is C12H18OSi. The molecule has 0 saturated carbocycles. The fourth-order valence-electron chi connectivity index (χ4n) is 1.67. The Bertz CT molecular complexity index is 242. The Morgan fingerprint density at radius 3 is 2.36 bits per heavy atom. The van der Waals surface area contributed by atoms with Crippen LogP contribution in [0.5, 0.6) is 0 Å². The zero-order chi connectivity index (χ0) is 10.2. The molecule has 1 nitrogen and oxygen atoms in total. The minimum atomic E-state index is -0.984. The average Bonchev–Trinajstić information content (AvgIpc) is 2.34. The minimum absolute atomic E-state index is 0.984. The summed E-state index contributed by atoms with van der Waals surface area (Å²) in [5, 5.41) is 1.47. The Morgan fingerprint density at radius 1 is 1.07 bits per heavy atom. The maximum absolute atomic E-state index is 5.80. The van der Waals surface area contributed by atoms with Gasteiger partial charge in [0, 0.05) is 6.61 Å². The highest BCUT2D eigenvalue weighted by atomic mass is 28.3. The summed E-state index contributed by atoms with van der Waals surface area (Å²) in [7, 11) is -0.984. The predicted octanol–water partition coefficient (Wildman–Crippen LogP) is 2.23. The Balaban J connectivity index is 0.000000461. The SMILES string of the molecule is C=C.c1ccc([SiH]2CCCCO2)cc1. The summed E-state index contributed by atoms with van der Waals surface area (Å²) in [4.78, 5) is 0. The van der Waals surface area contributed by atoms with Crippen LogP contribution in [-0.2, 0) is 4.43 Å². The smallest absolute Gasteiger partial charge is 0.208 e. The van der Waals surface area contributed by atoms with Gasteiger partial charge in [-0.3, -0.25) is 0 Å². The van der Waals surface area contributed by atoms with Crippen LogP contribution in [0.25, 0.3) is 0 Å². The van der Waals surface area contributed by atoms with E-state index in [9.17, 15) is 0 Å². The molecule has 14 heavy (non-hydrogen) atoms. The number of benzene rings is 1. The van der Waals surface area contributed by atoms with E-state index in [-0.39, 0.29) is 0 Å². The lowest BCUT2D eigenvalue weighted by Crippen LogP contribution is -2.36. The van der Waals surface area contributed by atoms with E-state index in [1.807, 2.05) is 0 Å². The van der Waals surface area contributed by atoms with E-state index in [1.54, 1.807) is 0 Å². The summed E-state index contributed by atoms with van der Waals surface area (Å²) in [6.07, 6.45) is 2.63. The molecule has 1 aliphatic heterocycles. The molecule has 0 radical (unpaired) electrons. The Kier molecular flexibility index (Phi) is 5.26. The second-order valence-corrected chi connectivity index (χ2v) is 5.82. The standard InChI is InChI=1S/C10H14OSi.C2H4/c1-2-6-10(7-3-1)12-9-5-4-8-11-12;1-2/h1-3,6-7,12H,4-5,8-9H2;1-2H2. The van der Waals surface area contributed by atoms with Crippen LogP contribution in [0.1, 0.15) is 12.8 Å². The summed E-state index contributed by atoms with van der Waals surface area (Å²) in [5.74, 6) is 0. The van der Waals surface area contributed by atoms with Gasteiger partial charge >= 0.3 is 0 Å². The van der Waals surface area contributed by atoms with Gasteiger partial charge in [-0.2, -0.15) is 0 Å². The lowest BCUT2D eigenvalue weighted by Gasteiger charge is -2.21. The molecule has 1 aliphatic rings. The summed E-state index contributed by atoms with van der Waals surface area (Å²) in [6.45, 7) is 6.99. The van der Waals surface area contributed by atoms with Crippen molar-refractivity contribution >= 4 is 14.2 Å². The van der Waals surface area contributed by atoms with Gasteiger partial charge < -0.3 is 4.43 Å². The van der Waals surface area contributed by atoms with E-state index in [1.165, 1.54) is 24.1 Å². The molecule has 1 fully saturated rings. The van der Waals surface area contributed by atoms with E-state index in [4.69, 9.17) is 4.43 Å². The van der Waals surface area contributed by atoms with Crippen molar-refractivity contribution in [1.82, 2.24) is 0 Å². The highest BCUT2D eigenvalue weighted by Gasteiger charge is 2.17. The summed E-state index contributed by atoms with van der Waals surface area (Å²) in [6, 6.07) is 12.0. The molecular weight excluding hydrogens is 188 g/mol. The van der Waals surface area contributed by atoms with Crippen molar-refractivity contribution in [3.8, 4) is 0 Å². The first-order valence-corrected chi connectivity index (χ1v) is 7.00. The first-order valence-electron chi connectivity index (χ1n) is 5.13. The van der Waals surface area contributed by atoms with Gasteiger partial charge in [0.25, 0.3) is 0 Å². The van der Waals surface area contributed by atoms with Crippen LogP contribution in [0.3, 0.4) is 0 Å². The first kappa shape index (κ1) is 11.2. The minimum Gasteiger partial charge on any atom is -0.415 e. The molecule has 1 saturated heterocycles. The molecule has 0 N–H and O–H groups in total. The van der Waals surface area contributed by atoms with Crippen molar-refractivity contribution in [1.29, 1.82) is 0 Å². The third-order valence-electron chi connectivity index (χ3n) is 2.35. The van der Waals surface area contributed by atoms with Gasteiger partial charge in [-0.05, 0) is 17.7 Å². The fourth-order valence-corrected chi connectivity index (χ4v) is 4.13. The molecule has 1 unspecified atom stereocenters. The maximum atomic E-state index is 5.80. The van der Waals surface area contributed by atoms with Crippen LogP contribution in [-0.4, -0.2) is 15.6 Å². The molecule has 2 rings (SSSR count). The Hall–Kier alpha value is -0.863. The van der Waals surface area contributed by atoms with Crippen LogP contribution < -0.4 is 5.19 Å². The van der Waals surface area contributed by atoms with Crippen molar-refractivity contribution in [2.75, 3.05) is 6.61 Å². The molecule has 1 aromatic rings. The van der Waals surface area contributed by atoms with E-state index < -0.39 is 9.04 Å². The van der Waals surface area contributed by atoms with Gasteiger partial charge in [0.1, 0.15) is 0 Å². The van der Waals surface area contributed by atoms with Crippen molar-refractivity contribution in [2.24, 2.45) is 0 Å². The first-order chi connectivity index (χ1) is 6.97. The van der Waals surface area contributed by atoms with Gasteiger partial charge in [-0.1, -0.05) is 36.8 Å². The van der Waals surface area contributed by atoms with E-state index in [2.05, 4.69) is 43.5 Å².